The summed E-state index contributed by atoms with van der Waals surface area (Å²) in [5.74, 6) is -0.537. The summed E-state index contributed by atoms with van der Waals surface area (Å²) >= 11 is 0. The number of carbonyl (C=O) groups excluding carboxylic acids is 2. The molecule has 0 aliphatic carbocycles. The number of benzene rings is 1. The van der Waals surface area contributed by atoms with Crippen molar-refractivity contribution in [1.82, 2.24) is 9.80 Å². The van der Waals surface area contributed by atoms with Crippen LogP contribution in [0.3, 0.4) is 0 Å². The first kappa shape index (κ1) is 19.5. The van der Waals surface area contributed by atoms with E-state index in [1.165, 1.54) is 12.1 Å². The molecule has 2 heterocycles. The Morgan fingerprint density at radius 3 is 2.30 bits per heavy atom. The molecule has 2 amide bonds. The second-order valence-corrected chi connectivity index (χ2v) is 8.21. The van der Waals surface area contributed by atoms with E-state index < -0.39 is 11.4 Å². The summed E-state index contributed by atoms with van der Waals surface area (Å²) in [5.41, 5.74) is -0.733. The molecular formula is C20H27FN2O4. The molecule has 7 heteroatoms. The predicted molar refractivity (Wildman–Crippen MR) is 98.0 cm³/mol. The lowest BCUT2D eigenvalue weighted by molar-refractivity contribution is -0.154. The quantitative estimate of drug-likeness (QED) is 0.810. The Balaban J connectivity index is 1.52. The Kier molecular flexibility index (Phi) is 5.31. The standard InChI is InChI=1S/C20H27FN2O4/c1-19(2,3)27-18(25)22-11-8-20(9-12-22)10-13-23(20)17(24)14-26-16-7-5-4-6-15(16)21/h4-7H,8-14H2,1-3H3. The van der Waals surface area contributed by atoms with Gasteiger partial charge in [-0.1, -0.05) is 12.1 Å². The minimum Gasteiger partial charge on any atom is -0.481 e. The van der Waals surface area contributed by atoms with Crippen molar-refractivity contribution < 1.29 is 23.5 Å². The number of piperidine rings is 1. The topological polar surface area (TPSA) is 59.1 Å². The van der Waals surface area contributed by atoms with E-state index in [4.69, 9.17) is 9.47 Å². The first-order valence-corrected chi connectivity index (χ1v) is 9.36. The number of hydrogen-bond donors (Lipinski definition) is 0. The molecule has 0 N–H and O–H groups in total. The molecule has 148 valence electrons. The predicted octanol–water partition coefficient (Wildman–Crippen LogP) is 3.21. The third-order valence-corrected chi connectivity index (χ3v) is 5.21. The third-order valence-electron chi connectivity index (χ3n) is 5.21. The van der Waals surface area contributed by atoms with E-state index in [9.17, 15) is 14.0 Å². The molecule has 1 aromatic rings. The number of nitrogens with zero attached hydrogens (tertiary/aromatic N) is 2. The van der Waals surface area contributed by atoms with Gasteiger partial charge < -0.3 is 19.3 Å². The lowest BCUT2D eigenvalue weighted by atomic mass is 9.76. The fourth-order valence-corrected chi connectivity index (χ4v) is 3.66. The Morgan fingerprint density at radius 2 is 1.74 bits per heavy atom. The first-order valence-electron chi connectivity index (χ1n) is 9.36. The fraction of sp³-hybridized carbons (Fsp3) is 0.600. The molecule has 0 saturated carbocycles. The van der Waals surface area contributed by atoms with Gasteiger partial charge in [0.1, 0.15) is 5.60 Å². The highest BCUT2D eigenvalue weighted by Gasteiger charge is 2.49. The van der Waals surface area contributed by atoms with Gasteiger partial charge >= 0.3 is 6.09 Å². The molecule has 0 aromatic heterocycles. The molecule has 2 aliphatic rings. The largest absolute Gasteiger partial charge is 0.481 e. The van der Waals surface area contributed by atoms with Gasteiger partial charge in [0.15, 0.2) is 18.2 Å². The van der Waals surface area contributed by atoms with Crippen molar-refractivity contribution >= 4 is 12.0 Å². The lowest BCUT2D eigenvalue weighted by Gasteiger charge is -2.56. The van der Waals surface area contributed by atoms with Crippen molar-refractivity contribution in [2.75, 3.05) is 26.2 Å². The van der Waals surface area contributed by atoms with Crippen LogP contribution < -0.4 is 4.74 Å². The van der Waals surface area contributed by atoms with E-state index in [1.54, 1.807) is 17.0 Å². The van der Waals surface area contributed by atoms with Crippen LogP contribution >= 0.6 is 0 Å². The van der Waals surface area contributed by atoms with Gasteiger partial charge in [0.05, 0.1) is 0 Å². The van der Waals surface area contributed by atoms with Crippen molar-refractivity contribution in [3.63, 3.8) is 0 Å². The summed E-state index contributed by atoms with van der Waals surface area (Å²) in [6.45, 7) is 7.15. The smallest absolute Gasteiger partial charge is 0.410 e. The molecule has 0 unspecified atom stereocenters. The Labute approximate surface area is 159 Å². The highest BCUT2D eigenvalue weighted by molar-refractivity contribution is 5.79. The molecule has 0 radical (unpaired) electrons. The van der Waals surface area contributed by atoms with Crippen molar-refractivity contribution in [3.8, 4) is 5.75 Å². The molecule has 3 rings (SSSR count). The minimum absolute atomic E-state index is 0.0835. The molecule has 2 saturated heterocycles. The van der Waals surface area contributed by atoms with Crippen molar-refractivity contribution in [1.29, 1.82) is 0 Å². The van der Waals surface area contributed by atoms with Gasteiger partial charge in [-0.05, 0) is 52.2 Å². The Morgan fingerprint density at radius 1 is 1.11 bits per heavy atom. The second-order valence-electron chi connectivity index (χ2n) is 8.21. The summed E-state index contributed by atoms with van der Waals surface area (Å²) in [5, 5.41) is 0. The van der Waals surface area contributed by atoms with Gasteiger partial charge in [0, 0.05) is 25.2 Å². The monoisotopic (exact) mass is 378 g/mol. The minimum atomic E-state index is -0.519. The number of likely N-dealkylation sites (tertiary alicyclic amines) is 2. The molecule has 1 spiro atoms. The van der Waals surface area contributed by atoms with Crippen LogP contribution in [-0.2, 0) is 9.53 Å². The van der Waals surface area contributed by atoms with Gasteiger partial charge in [-0.2, -0.15) is 0 Å². The molecule has 6 nitrogen and oxygen atoms in total. The van der Waals surface area contributed by atoms with Crippen LogP contribution in [0.25, 0.3) is 0 Å². The highest BCUT2D eigenvalue weighted by Crippen LogP contribution is 2.40. The van der Waals surface area contributed by atoms with Gasteiger partial charge in [-0.3, -0.25) is 4.79 Å². The summed E-state index contributed by atoms with van der Waals surface area (Å²) in [7, 11) is 0. The first-order chi connectivity index (χ1) is 12.7. The molecule has 2 aliphatic heterocycles. The highest BCUT2D eigenvalue weighted by atomic mass is 19.1. The summed E-state index contributed by atoms with van der Waals surface area (Å²) in [6, 6.07) is 6.05. The van der Waals surface area contributed by atoms with Crippen LogP contribution in [0.4, 0.5) is 9.18 Å². The Hall–Kier alpha value is -2.31. The van der Waals surface area contributed by atoms with Crippen LogP contribution in [0, 0.1) is 5.82 Å². The maximum Gasteiger partial charge on any atom is 0.410 e. The van der Waals surface area contributed by atoms with E-state index >= 15 is 0 Å². The van der Waals surface area contributed by atoms with E-state index in [-0.39, 0.29) is 29.9 Å². The average molecular weight is 378 g/mol. The van der Waals surface area contributed by atoms with Crippen LogP contribution in [0.15, 0.2) is 24.3 Å². The molecule has 27 heavy (non-hydrogen) atoms. The van der Waals surface area contributed by atoms with E-state index in [0.717, 1.165) is 19.3 Å². The number of para-hydroxylation sites is 1. The number of ether oxygens (including phenoxy) is 2. The number of amides is 2. The maximum absolute atomic E-state index is 13.6. The van der Waals surface area contributed by atoms with Gasteiger partial charge in [0.2, 0.25) is 0 Å². The normalized spacial score (nSPS) is 18.8. The number of rotatable bonds is 3. The van der Waals surface area contributed by atoms with Crippen molar-refractivity contribution in [2.45, 2.75) is 51.2 Å². The summed E-state index contributed by atoms with van der Waals surface area (Å²) in [6.07, 6.45) is 2.05. The molecule has 0 atom stereocenters. The molecular weight excluding hydrogens is 351 g/mol. The zero-order chi connectivity index (χ0) is 19.7. The van der Waals surface area contributed by atoms with E-state index in [0.29, 0.717) is 19.6 Å². The molecule has 0 bridgehead atoms. The van der Waals surface area contributed by atoms with Crippen LogP contribution in [0.5, 0.6) is 5.75 Å². The van der Waals surface area contributed by atoms with Gasteiger partial charge in [0.25, 0.3) is 5.91 Å². The number of hydrogen-bond acceptors (Lipinski definition) is 4. The van der Waals surface area contributed by atoms with Crippen LogP contribution in [0.2, 0.25) is 0 Å². The number of carbonyl (C=O) groups is 2. The SMILES string of the molecule is CC(C)(C)OC(=O)N1CCC2(CC1)CCN2C(=O)COc1ccccc1F. The molecule has 2 fully saturated rings. The summed E-state index contributed by atoms with van der Waals surface area (Å²) in [4.78, 5) is 28.3. The average Bonchev–Trinajstić information content (AvgIpc) is 2.59. The number of halogens is 1. The van der Waals surface area contributed by atoms with Gasteiger partial charge in [-0.25, -0.2) is 9.18 Å². The maximum atomic E-state index is 13.6. The second kappa shape index (κ2) is 7.37. The lowest BCUT2D eigenvalue weighted by Crippen LogP contribution is -2.66. The van der Waals surface area contributed by atoms with Crippen molar-refractivity contribution in [3.05, 3.63) is 30.1 Å². The van der Waals surface area contributed by atoms with Crippen LogP contribution in [0.1, 0.15) is 40.0 Å². The van der Waals surface area contributed by atoms with E-state index in [1.807, 2.05) is 25.7 Å². The van der Waals surface area contributed by atoms with E-state index in [2.05, 4.69) is 0 Å². The molecule has 1 aromatic carbocycles. The Bertz CT molecular complexity index is 708. The zero-order valence-corrected chi connectivity index (χ0v) is 16.2. The van der Waals surface area contributed by atoms with Crippen LogP contribution in [-0.4, -0.2) is 59.2 Å². The van der Waals surface area contributed by atoms with Crippen molar-refractivity contribution in [2.24, 2.45) is 0 Å². The third kappa shape index (κ3) is 4.34. The summed E-state index contributed by atoms with van der Waals surface area (Å²) < 4.78 is 24.4. The zero-order valence-electron chi connectivity index (χ0n) is 16.2. The van der Waals surface area contributed by atoms with Gasteiger partial charge in [-0.15, -0.1) is 0 Å². The fourth-order valence-electron chi connectivity index (χ4n) is 3.66.